The smallest absolute Gasteiger partial charge is 0.176 e. The predicted molar refractivity (Wildman–Crippen MR) is 95.1 cm³/mol. The van der Waals surface area contributed by atoms with Crippen LogP contribution in [0.25, 0.3) is 0 Å². The van der Waals surface area contributed by atoms with E-state index in [4.69, 9.17) is 9.47 Å². The maximum atomic E-state index is 12.7. The van der Waals surface area contributed by atoms with Gasteiger partial charge in [0.25, 0.3) is 0 Å². The monoisotopic (exact) mass is 330 g/mol. The molecule has 2 aromatic rings. The Hall–Kier alpha value is -1.94. The molecule has 1 atom stereocenters. The molecule has 0 saturated heterocycles. The molecule has 0 fully saturated rings. The third kappa shape index (κ3) is 4.08. The third-order valence-corrected chi connectivity index (χ3v) is 4.95. The van der Waals surface area contributed by atoms with E-state index in [1.807, 2.05) is 6.92 Å². The molecular formula is C19H22O3S. The Labute approximate surface area is 142 Å². The zero-order valence-corrected chi connectivity index (χ0v) is 15.0. The van der Waals surface area contributed by atoms with Gasteiger partial charge >= 0.3 is 0 Å². The minimum Gasteiger partial charge on any atom is -0.493 e. The first-order valence-electron chi connectivity index (χ1n) is 7.46. The molecule has 0 aliphatic rings. The molecule has 4 heteroatoms. The summed E-state index contributed by atoms with van der Waals surface area (Å²) in [5.74, 6) is 1.27. The van der Waals surface area contributed by atoms with E-state index in [0.717, 1.165) is 4.90 Å². The fourth-order valence-corrected chi connectivity index (χ4v) is 3.42. The van der Waals surface area contributed by atoms with Gasteiger partial charge in [0.2, 0.25) is 0 Å². The Morgan fingerprint density at radius 3 is 2.30 bits per heavy atom. The van der Waals surface area contributed by atoms with E-state index < -0.39 is 0 Å². The highest BCUT2D eigenvalue weighted by molar-refractivity contribution is 8.00. The fourth-order valence-electron chi connectivity index (χ4n) is 2.40. The van der Waals surface area contributed by atoms with Crippen molar-refractivity contribution in [3.05, 3.63) is 53.1 Å². The van der Waals surface area contributed by atoms with Crippen LogP contribution in [0, 0.1) is 13.8 Å². The van der Waals surface area contributed by atoms with Crippen molar-refractivity contribution in [3.8, 4) is 11.5 Å². The van der Waals surface area contributed by atoms with Crippen LogP contribution in [-0.2, 0) is 0 Å². The summed E-state index contributed by atoms with van der Waals surface area (Å²) in [5, 5.41) is -0.172. The Morgan fingerprint density at radius 2 is 1.70 bits per heavy atom. The van der Waals surface area contributed by atoms with Gasteiger partial charge in [-0.25, -0.2) is 0 Å². The molecule has 0 amide bonds. The first-order chi connectivity index (χ1) is 11.0. The standard InChI is InChI=1S/C19H22O3S/c1-12-6-9-18(13(2)10-12)23-14(3)19(20)15-7-8-16(21-4)17(11-15)22-5/h6-11,14H,1-5H3. The second-order valence-electron chi connectivity index (χ2n) is 5.46. The van der Waals surface area contributed by atoms with Crippen molar-refractivity contribution in [2.75, 3.05) is 14.2 Å². The third-order valence-electron chi connectivity index (χ3n) is 3.67. The summed E-state index contributed by atoms with van der Waals surface area (Å²) in [7, 11) is 3.15. The van der Waals surface area contributed by atoms with Gasteiger partial charge in [-0.1, -0.05) is 17.7 Å². The maximum Gasteiger partial charge on any atom is 0.176 e. The second-order valence-corrected chi connectivity index (χ2v) is 6.85. The number of carbonyl (C=O) groups is 1. The van der Waals surface area contributed by atoms with Gasteiger partial charge < -0.3 is 9.47 Å². The number of thioether (sulfide) groups is 1. The van der Waals surface area contributed by atoms with Crippen LogP contribution in [0.3, 0.4) is 0 Å². The quantitative estimate of drug-likeness (QED) is 0.569. The highest BCUT2D eigenvalue weighted by atomic mass is 32.2. The number of carbonyl (C=O) groups excluding carboxylic acids is 1. The zero-order valence-electron chi connectivity index (χ0n) is 14.2. The molecule has 0 aliphatic carbocycles. The van der Waals surface area contributed by atoms with Crippen LogP contribution < -0.4 is 9.47 Å². The molecular weight excluding hydrogens is 308 g/mol. The highest BCUT2D eigenvalue weighted by Gasteiger charge is 2.19. The summed E-state index contributed by atoms with van der Waals surface area (Å²) in [6.07, 6.45) is 0. The maximum absolute atomic E-state index is 12.7. The number of Topliss-reactive ketones (excluding diaryl/α,β-unsaturated/α-hetero) is 1. The van der Waals surface area contributed by atoms with Crippen LogP contribution in [0.5, 0.6) is 11.5 Å². The number of methoxy groups -OCH3 is 2. The normalized spacial score (nSPS) is 11.9. The zero-order chi connectivity index (χ0) is 17.0. The van der Waals surface area contributed by atoms with Gasteiger partial charge in [-0.2, -0.15) is 0 Å². The first-order valence-corrected chi connectivity index (χ1v) is 8.34. The van der Waals surface area contributed by atoms with E-state index in [0.29, 0.717) is 17.1 Å². The first kappa shape index (κ1) is 17.4. The van der Waals surface area contributed by atoms with Crippen LogP contribution >= 0.6 is 11.8 Å². The molecule has 0 radical (unpaired) electrons. The molecule has 0 aromatic heterocycles. The van der Waals surface area contributed by atoms with Crippen LogP contribution in [0.2, 0.25) is 0 Å². The molecule has 2 rings (SSSR count). The summed E-state index contributed by atoms with van der Waals surface area (Å²) in [4.78, 5) is 13.8. The lowest BCUT2D eigenvalue weighted by atomic mass is 10.1. The van der Waals surface area contributed by atoms with E-state index in [1.54, 1.807) is 44.2 Å². The number of aryl methyl sites for hydroxylation is 2. The molecule has 0 saturated carbocycles. The summed E-state index contributed by atoms with van der Waals surface area (Å²) < 4.78 is 10.5. The number of hydrogen-bond donors (Lipinski definition) is 0. The highest BCUT2D eigenvalue weighted by Crippen LogP contribution is 2.32. The molecule has 0 bridgehead atoms. The lowest BCUT2D eigenvalue weighted by Gasteiger charge is -2.14. The van der Waals surface area contributed by atoms with E-state index >= 15 is 0 Å². The van der Waals surface area contributed by atoms with Crippen LogP contribution in [-0.4, -0.2) is 25.3 Å². The lowest BCUT2D eigenvalue weighted by molar-refractivity contribution is 0.0993. The summed E-state index contributed by atoms with van der Waals surface area (Å²) >= 11 is 1.58. The minimum absolute atomic E-state index is 0.0796. The topological polar surface area (TPSA) is 35.5 Å². The predicted octanol–water partition coefficient (Wildman–Crippen LogP) is 4.68. The van der Waals surface area contributed by atoms with E-state index in [-0.39, 0.29) is 11.0 Å². The van der Waals surface area contributed by atoms with Crippen LogP contribution in [0.4, 0.5) is 0 Å². The number of ether oxygens (including phenoxy) is 2. The molecule has 23 heavy (non-hydrogen) atoms. The molecule has 1 unspecified atom stereocenters. The van der Waals surface area contributed by atoms with Crippen molar-refractivity contribution in [1.82, 2.24) is 0 Å². The Morgan fingerprint density at radius 1 is 1.00 bits per heavy atom. The molecule has 0 aliphatic heterocycles. The Balaban J connectivity index is 2.19. The van der Waals surface area contributed by atoms with Crippen molar-refractivity contribution in [3.63, 3.8) is 0 Å². The number of rotatable bonds is 6. The lowest BCUT2D eigenvalue weighted by Crippen LogP contribution is -2.14. The number of hydrogen-bond acceptors (Lipinski definition) is 4. The Kier molecular flexibility index (Phi) is 5.72. The van der Waals surface area contributed by atoms with Gasteiger partial charge in [0.1, 0.15) is 0 Å². The van der Waals surface area contributed by atoms with Crippen molar-refractivity contribution in [2.24, 2.45) is 0 Å². The van der Waals surface area contributed by atoms with Crippen LogP contribution in [0.1, 0.15) is 28.4 Å². The van der Waals surface area contributed by atoms with Gasteiger partial charge in [0.15, 0.2) is 17.3 Å². The molecule has 2 aromatic carbocycles. The Bertz CT molecular complexity index is 710. The average molecular weight is 330 g/mol. The van der Waals surface area contributed by atoms with Gasteiger partial charge in [-0.3, -0.25) is 4.79 Å². The van der Waals surface area contributed by atoms with Crippen molar-refractivity contribution in [2.45, 2.75) is 30.9 Å². The summed E-state index contributed by atoms with van der Waals surface area (Å²) in [5.41, 5.74) is 3.06. The molecule has 122 valence electrons. The van der Waals surface area contributed by atoms with Crippen LogP contribution in [0.15, 0.2) is 41.3 Å². The van der Waals surface area contributed by atoms with Gasteiger partial charge in [0.05, 0.1) is 19.5 Å². The van der Waals surface area contributed by atoms with Gasteiger partial charge in [-0.05, 0) is 50.6 Å². The number of benzene rings is 2. The summed E-state index contributed by atoms with van der Waals surface area (Å²) in [6, 6.07) is 11.6. The summed E-state index contributed by atoms with van der Waals surface area (Å²) in [6.45, 7) is 6.08. The van der Waals surface area contributed by atoms with Gasteiger partial charge in [-0.15, -0.1) is 11.8 Å². The van der Waals surface area contributed by atoms with E-state index in [2.05, 4.69) is 32.0 Å². The largest absolute Gasteiger partial charge is 0.493 e. The van der Waals surface area contributed by atoms with E-state index in [9.17, 15) is 4.79 Å². The van der Waals surface area contributed by atoms with Crippen molar-refractivity contribution >= 4 is 17.5 Å². The average Bonchev–Trinajstić information content (AvgIpc) is 2.55. The molecule has 0 spiro atoms. The minimum atomic E-state index is -0.172. The molecule has 3 nitrogen and oxygen atoms in total. The molecule has 0 N–H and O–H groups in total. The van der Waals surface area contributed by atoms with Gasteiger partial charge in [0, 0.05) is 10.5 Å². The van der Waals surface area contributed by atoms with E-state index in [1.165, 1.54) is 11.1 Å². The molecule has 0 heterocycles. The van der Waals surface area contributed by atoms with Crippen molar-refractivity contribution < 1.29 is 14.3 Å². The van der Waals surface area contributed by atoms with Crippen molar-refractivity contribution in [1.29, 1.82) is 0 Å². The SMILES string of the molecule is COc1ccc(C(=O)C(C)Sc2ccc(C)cc2C)cc1OC. The number of ketones is 1. The fraction of sp³-hybridized carbons (Fsp3) is 0.316. The second kappa shape index (κ2) is 7.55.